The molecule has 2 N–H and O–H groups in total. The molecule has 6 nitrogen and oxygen atoms in total. The number of fused-ring (bicyclic) bond motifs is 1. The van der Waals surface area contributed by atoms with Gasteiger partial charge in [-0.05, 0) is 30.0 Å². The number of carboxylic acids is 1. The number of nitrogens with one attached hydrogen (secondary N) is 1. The summed E-state index contributed by atoms with van der Waals surface area (Å²) in [4.78, 5) is 11.3. The van der Waals surface area contributed by atoms with Crippen molar-refractivity contribution in [1.29, 1.82) is 0 Å². The van der Waals surface area contributed by atoms with Gasteiger partial charge in [-0.25, -0.2) is 0 Å². The summed E-state index contributed by atoms with van der Waals surface area (Å²) >= 11 is 0. The lowest BCUT2D eigenvalue weighted by atomic mass is 10.0. The fraction of sp³-hybridized carbons (Fsp3) is 0.562. The molecule has 0 unspecified atom stereocenters. The van der Waals surface area contributed by atoms with E-state index in [1.165, 1.54) is 0 Å². The van der Waals surface area contributed by atoms with E-state index in [2.05, 4.69) is 5.32 Å². The molecule has 0 amide bonds. The molecule has 122 valence electrons. The van der Waals surface area contributed by atoms with Crippen LogP contribution in [0, 0.1) is 5.92 Å². The molecule has 1 aromatic carbocycles. The molecule has 2 rings (SSSR count). The minimum Gasteiger partial charge on any atom is -0.493 e. The lowest BCUT2D eigenvalue weighted by Crippen LogP contribution is -2.37. The second-order valence-electron chi connectivity index (χ2n) is 5.72. The number of rotatable bonds is 7. The predicted octanol–water partition coefficient (Wildman–Crippen LogP) is 2.06. The number of hydrogen-bond donors (Lipinski definition) is 2. The molecule has 0 radical (unpaired) electrons. The first kappa shape index (κ1) is 16.4. The van der Waals surface area contributed by atoms with Crippen LogP contribution >= 0.6 is 0 Å². The van der Waals surface area contributed by atoms with Gasteiger partial charge in [-0.15, -0.1) is 0 Å². The van der Waals surface area contributed by atoms with E-state index in [4.69, 9.17) is 14.2 Å². The van der Waals surface area contributed by atoms with E-state index in [1.54, 1.807) is 7.11 Å². The molecule has 0 spiro atoms. The normalized spacial score (nSPS) is 14.7. The molecule has 1 heterocycles. The summed E-state index contributed by atoms with van der Waals surface area (Å²) in [6.45, 7) is 5.43. The molecule has 1 atom stereocenters. The molecule has 1 aromatic rings. The van der Waals surface area contributed by atoms with Crippen molar-refractivity contribution < 1.29 is 24.1 Å². The zero-order valence-electron chi connectivity index (χ0n) is 13.2. The monoisotopic (exact) mass is 309 g/mol. The summed E-state index contributed by atoms with van der Waals surface area (Å²) in [5.41, 5.74) is 0.899. The van der Waals surface area contributed by atoms with Crippen molar-refractivity contribution in [1.82, 2.24) is 5.32 Å². The van der Waals surface area contributed by atoms with E-state index in [9.17, 15) is 9.90 Å². The average molecular weight is 309 g/mol. The number of carbonyl (C=O) groups is 1. The summed E-state index contributed by atoms with van der Waals surface area (Å²) in [5.74, 6) is 1.32. The second kappa shape index (κ2) is 7.35. The van der Waals surface area contributed by atoms with E-state index in [-0.39, 0.29) is 0 Å². The van der Waals surface area contributed by atoms with Crippen LogP contribution in [-0.2, 0) is 11.3 Å². The third kappa shape index (κ3) is 4.04. The zero-order chi connectivity index (χ0) is 16.1. The van der Waals surface area contributed by atoms with Crippen LogP contribution in [0.4, 0.5) is 0 Å². The first-order valence-corrected chi connectivity index (χ1v) is 7.44. The van der Waals surface area contributed by atoms with Crippen LogP contribution < -0.4 is 19.5 Å². The fourth-order valence-electron chi connectivity index (χ4n) is 2.41. The Morgan fingerprint density at radius 1 is 1.36 bits per heavy atom. The highest BCUT2D eigenvalue weighted by atomic mass is 16.6. The van der Waals surface area contributed by atoms with Gasteiger partial charge >= 0.3 is 5.97 Å². The number of aliphatic carboxylic acids is 1. The molecule has 1 aliphatic heterocycles. The number of methoxy groups -OCH3 is 1. The van der Waals surface area contributed by atoms with Crippen molar-refractivity contribution >= 4 is 5.97 Å². The lowest BCUT2D eigenvalue weighted by molar-refractivity contribution is -0.140. The summed E-state index contributed by atoms with van der Waals surface area (Å²) in [6, 6.07) is 3.13. The lowest BCUT2D eigenvalue weighted by Gasteiger charge is -2.22. The van der Waals surface area contributed by atoms with Gasteiger partial charge in [0.2, 0.25) is 5.75 Å². The molecule has 6 heteroatoms. The summed E-state index contributed by atoms with van der Waals surface area (Å²) in [6.07, 6.45) is 0.580. The van der Waals surface area contributed by atoms with Crippen LogP contribution in [0.5, 0.6) is 17.2 Å². The van der Waals surface area contributed by atoms with Gasteiger partial charge in [0.1, 0.15) is 19.3 Å². The Kier molecular flexibility index (Phi) is 5.49. The summed E-state index contributed by atoms with van der Waals surface area (Å²) in [5, 5.41) is 12.3. The third-order valence-corrected chi connectivity index (χ3v) is 3.45. The predicted molar refractivity (Wildman–Crippen MR) is 81.7 cm³/mol. The van der Waals surface area contributed by atoms with Crippen LogP contribution in [-0.4, -0.2) is 37.4 Å². The van der Waals surface area contributed by atoms with E-state index in [0.29, 0.717) is 49.3 Å². The first-order chi connectivity index (χ1) is 10.5. The van der Waals surface area contributed by atoms with Crippen molar-refractivity contribution in [2.45, 2.75) is 32.9 Å². The van der Waals surface area contributed by atoms with E-state index in [1.807, 2.05) is 26.0 Å². The van der Waals surface area contributed by atoms with Crippen LogP contribution in [0.15, 0.2) is 12.1 Å². The summed E-state index contributed by atoms with van der Waals surface area (Å²) < 4.78 is 16.5. The van der Waals surface area contributed by atoms with Crippen molar-refractivity contribution in [3.8, 4) is 17.2 Å². The van der Waals surface area contributed by atoms with Crippen molar-refractivity contribution in [3.63, 3.8) is 0 Å². The number of hydrogen-bond acceptors (Lipinski definition) is 5. The molecular weight excluding hydrogens is 286 g/mol. The van der Waals surface area contributed by atoms with E-state index >= 15 is 0 Å². The highest BCUT2D eigenvalue weighted by Crippen LogP contribution is 2.40. The van der Waals surface area contributed by atoms with Gasteiger partial charge in [-0.2, -0.15) is 0 Å². The Morgan fingerprint density at radius 3 is 2.73 bits per heavy atom. The van der Waals surface area contributed by atoms with E-state index < -0.39 is 12.0 Å². The molecular formula is C16H23NO5. The van der Waals surface area contributed by atoms with Gasteiger partial charge in [0.15, 0.2) is 11.5 Å². The van der Waals surface area contributed by atoms with Crippen molar-refractivity contribution in [2.24, 2.45) is 5.92 Å². The molecule has 0 aromatic heterocycles. The minimum atomic E-state index is -0.835. The van der Waals surface area contributed by atoms with Crippen LogP contribution in [0.2, 0.25) is 0 Å². The summed E-state index contributed by atoms with van der Waals surface area (Å²) in [7, 11) is 1.57. The van der Waals surface area contributed by atoms with E-state index in [0.717, 1.165) is 5.56 Å². The largest absolute Gasteiger partial charge is 0.493 e. The maximum Gasteiger partial charge on any atom is 0.320 e. The quantitative estimate of drug-likeness (QED) is 0.803. The molecule has 0 saturated carbocycles. The van der Waals surface area contributed by atoms with Crippen molar-refractivity contribution in [2.75, 3.05) is 20.3 Å². The van der Waals surface area contributed by atoms with Crippen LogP contribution in [0.25, 0.3) is 0 Å². The molecule has 1 aliphatic rings. The fourth-order valence-corrected chi connectivity index (χ4v) is 2.41. The van der Waals surface area contributed by atoms with Gasteiger partial charge < -0.3 is 24.6 Å². The van der Waals surface area contributed by atoms with Gasteiger partial charge in [0, 0.05) is 6.54 Å². The van der Waals surface area contributed by atoms with Crippen molar-refractivity contribution in [3.05, 3.63) is 17.7 Å². The second-order valence-corrected chi connectivity index (χ2v) is 5.72. The molecule has 0 saturated heterocycles. The Balaban J connectivity index is 2.10. The van der Waals surface area contributed by atoms with Gasteiger partial charge in [0.05, 0.1) is 7.11 Å². The van der Waals surface area contributed by atoms with Gasteiger partial charge in [-0.3, -0.25) is 4.79 Å². The van der Waals surface area contributed by atoms with Crippen LogP contribution in [0.1, 0.15) is 25.8 Å². The Labute approximate surface area is 130 Å². The molecule has 22 heavy (non-hydrogen) atoms. The SMILES string of the molecule is COc1cc(CN[C@@H](CC(C)C)C(=O)O)cc2c1OCCO2. The Morgan fingerprint density at radius 2 is 2.09 bits per heavy atom. The average Bonchev–Trinajstić information content (AvgIpc) is 2.49. The molecule has 0 bridgehead atoms. The minimum absolute atomic E-state index is 0.309. The number of benzene rings is 1. The van der Waals surface area contributed by atoms with Gasteiger partial charge in [0.25, 0.3) is 0 Å². The van der Waals surface area contributed by atoms with Gasteiger partial charge in [-0.1, -0.05) is 13.8 Å². The maximum atomic E-state index is 11.3. The zero-order valence-corrected chi connectivity index (χ0v) is 13.2. The number of carboxylic acid groups (broad SMARTS) is 1. The smallest absolute Gasteiger partial charge is 0.320 e. The Hall–Kier alpha value is -1.95. The highest BCUT2D eigenvalue weighted by Gasteiger charge is 2.21. The van der Waals surface area contributed by atoms with Crippen LogP contribution in [0.3, 0.4) is 0 Å². The highest BCUT2D eigenvalue weighted by molar-refractivity contribution is 5.73. The third-order valence-electron chi connectivity index (χ3n) is 3.45. The molecule has 0 aliphatic carbocycles. The maximum absolute atomic E-state index is 11.3. The molecule has 0 fully saturated rings. The first-order valence-electron chi connectivity index (χ1n) is 7.44. The standard InChI is InChI=1S/C16H23NO5/c1-10(2)6-12(16(18)19)17-9-11-7-13(20-3)15-14(8-11)21-4-5-22-15/h7-8,10,12,17H,4-6,9H2,1-3H3,(H,18,19)/t12-/m0/s1. The Bertz CT molecular complexity index is 512. The number of ether oxygens (including phenoxy) is 3. The topological polar surface area (TPSA) is 77.0 Å².